The summed E-state index contributed by atoms with van der Waals surface area (Å²) in [6.45, 7) is 0. The molecule has 0 nitrogen and oxygen atoms in total. The van der Waals surface area contributed by atoms with Gasteiger partial charge in [-0.2, -0.15) is 0 Å². The number of benzene rings is 1. The first-order valence-electron chi connectivity index (χ1n) is 5.12. The highest BCUT2D eigenvalue weighted by molar-refractivity contribution is 8.17. The van der Waals surface area contributed by atoms with Crippen molar-refractivity contribution in [2.75, 3.05) is 11.5 Å². The zero-order chi connectivity index (χ0) is 11.4. The minimum atomic E-state index is 0.586. The highest BCUT2D eigenvalue weighted by Crippen LogP contribution is 2.32. The van der Waals surface area contributed by atoms with Crippen LogP contribution in [0.5, 0.6) is 0 Å². The zero-order valence-electron chi connectivity index (χ0n) is 8.66. The van der Waals surface area contributed by atoms with Crippen LogP contribution in [-0.4, -0.2) is 16.1 Å². The molecule has 0 radical (unpaired) electrons. The van der Waals surface area contributed by atoms with Gasteiger partial charge in [-0.15, -0.1) is 23.5 Å². The summed E-state index contributed by atoms with van der Waals surface area (Å²) in [4.78, 5) is 0. The molecule has 0 spiro atoms. The van der Waals surface area contributed by atoms with Crippen LogP contribution < -0.4 is 0 Å². The van der Waals surface area contributed by atoms with Gasteiger partial charge in [0.05, 0.1) is 14.6 Å². The molecule has 16 heavy (non-hydrogen) atoms. The van der Waals surface area contributed by atoms with Crippen LogP contribution in [0.3, 0.4) is 0 Å². The molecule has 0 aliphatic carbocycles. The van der Waals surface area contributed by atoms with Crippen molar-refractivity contribution in [1.82, 2.24) is 0 Å². The van der Waals surface area contributed by atoms with E-state index >= 15 is 0 Å². The number of hydrogen-bond acceptors (Lipinski definition) is 2. The van der Waals surface area contributed by atoms with Gasteiger partial charge in [-0.1, -0.05) is 41.4 Å². The Labute approximate surface area is 115 Å². The second-order valence-corrected chi connectivity index (χ2v) is 7.11. The van der Waals surface area contributed by atoms with Crippen LogP contribution >= 0.6 is 46.7 Å². The van der Waals surface area contributed by atoms with Gasteiger partial charge in [0, 0.05) is 0 Å². The highest BCUT2D eigenvalue weighted by atomic mass is 35.5. The van der Waals surface area contributed by atoms with Crippen LogP contribution in [0.2, 0.25) is 10.0 Å². The van der Waals surface area contributed by atoms with Crippen molar-refractivity contribution in [3.63, 3.8) is 0 Å². The fourth-order valence-electron chi connectivity index (χ4n) is 1.42. The van der Waals surface area contributed by atoms with Crippen molar-refractivity contribution < 1.29 is 0 Å². The Bertz CT molecular complexity index is 385. The van der Waals surface area contributed by atoms with Gasteiger partial charge in [-0.3, -0.25) is 0 Å². The summed E-state index contributed by atoms with van der Waals surface area (Å²) in [5, 5.41) is 1.23. The van der Waals surface area contributed by atoms with Gasteiger partial charge in [0.15, 0.2) is 0 Å². The molecule has 2 rings (SSSR count). The largest absolute Gasteiger partial charge is 0.143 e. The standard InChI is InChI=1S/C12H12Cl2S2/c13-10-4-2-9(8-11(10)14)3-5-12-15-6-1-7-16-12/h2-5,8,12H,1,6-7H2/b5-3+. The first kappa shape index (κ1) is 12.7. The molecule has 1 aromatic carbocycles. The molecule has 1 heterocycles. The van der Waals surface area contributed by atoms with Crippen LogP contribution in [-0.2, 0) is 0 Å². The van der Waals surface area contributed by atoms with Crippen LogP contribution in [0.1, 0.15) is 12.0 Å². The lowest BCUT2D eigenvalue weighted by Gasteiger charge is -2.17. The van der Waals surface area contributed by atoms with Gasteiger partial charge in [-0.25, -0.2) is 0 Å². The zero-order valence-corrected chi connectivity index (χ0v) is 11.8. The third-order valence-electron chi connectivity index (χ3n) is 2.24. The van der Waals surface area contributed by atoms with Crippen molar-refractivity contribution in [3.8, 4) is 0 Å². The summed E-state index contributed by atoms with van der Waals surface area (Å²) >= 11 is 15.8. The van der Waals surface area contributed by atoms with Gasteiger partial charge >= 0.3 is 0 Å². The Morgan fingerprint density at radius 2 is 1.88 bits per heavy atom. The summed E-state index contributed by atoms with van der Waals surface area (Å²) in [5.74, 6) is 2.53. The van der Waals surface area contributed by atoms with Crippen molar-refractivity contribution in [2.24, 2.45) is 0 Å². The molecule has 0 aromatic heterocycles. The van der Waals surface area contributed by atoms with Gasteiger partial charge in [0.2, 0.25) is 0 Å². The summed E-state index contributed by atoms with van der Waals surface area (Å²) in [6, 6.07) is 5.73. The number of rotatable bonds is 2. The second-order valence-electron chi connectivity index (χ2n) is 3.50. The first-order chi connectivity index (χ1) is 7.75. The molecule has 0 amide bonds. The molecular formula is C12H12Cl2S2. The summed E-state index contributed by atoms with van der Waals surface area (Å²) in [7, 11) is 0. The third kappa shape index (κ3) is 3.63. The van der Waals surface area contributed by atoms with Crippen molar-refractivity contribution in [2.45, 2.75) is 11.0 Å². The Kier molecular flexibility index (Phi) is 4.96. The van der Waals surface area contributed by atoms with Gasteiger partial charge in [0.1, 0.15) is 0 Å². The molecule has 1 saturated heterocycles. The van der Waals surface area contributed by atoms with Crippen molar-refractivity contribution in [1.29, 1.82) is 0 Å². The molecule has 1 aromatic rings. The SMILES string of the molecule is Clc1ccc(/C=C/C2SCCCS2)cc1Cl. The molecular weight excluding hydrogens is 279 g/mol. The average Bonchev–Trinajstić information content (AvgIpc) is 2.32. The van der Waals surface area contributed by atoms with Gasteiger partial charge < -0.3 is 0 Å². The maximum Gasteiger partial charge on any atom is 0.0685 e. The van der Waals surface area contributed by atoms with Crippen molar-refractivity contribution >= 4 is 52.8 Å². The van der Waals surface area contributed by atoms with E-state index < -0.39 is 0 Å². The summed E-state index contributed by atoms with van der Waals surface area (Å²) < 4.78 is 0.586. The molecule has 86 valence electrons. The predicted molar refractivity (Wildman–Crippen MR) is 78.8 cm³/mol. The monoisotopic (exact) mass is 290 g/mol. The molecule has 1 fully saturated rings. The Hall–Kier alpha value is 0.240. The molecule has 1 aliphatic rings. The van der Waals surface area contributed by atoms with Gasteiger partial charge in [-0.05, 0) is 35.6 Å². The van der Waals surface area contributed by atoms with Crippen LogP contribution in [0.4, 0.5) is 0 Å². The predicted octanol–water partition coefficient (Wildman–Crippen LogP) is 5.20. The van der Waals surface area contributed by atoms with E-state index in [2.05, 4.69) is 12.2 Å². The lowest BCUT2D eigenvalue weighted by atomic mass is 10.2. The first-order valence-corrected chi connectivity index (χ1v) is 7.97. The molecule has 0 bridgehead atoms. The van der Waals surface area contributed by atoms with Crippen LogP contribution in [0.15, 0.2) is 24.3 Å². The Balaban J connectivity index is 2.02. The number of hydrogen-bond donors (Lipinski definition) is 0. The topological polar surface area (TPSA) is 0 Å². The Morgan fingerprint density at radius 1 is 1.12 bits per heavy atom. The normalized spacial score (nSPS) is 18.1. The molecule has 4 heteroatoms. The fraction of sp³-hybridized carbons (Fsp3) is 0.333. The van der Waals surface area contributed by atoms with E-state index in [1.807, 2.05) is 41.7 Å². The number of thioether (sulfide) groups is 2. The van der Waals surface area contributed by atoms with E-state index in [4.69, 9.17) is 23.2 Å². The molecule has 1 aliphatic heterocycles. The van der Waals surface area contributed by atoms with Gasteiger partial charge in [0.25, 0.3) is 0 Å². The minimum Gasteiger partial charge on any atom is -0.143 e. The van der Waals surface area contributed by atoms with Crippen LogP contribution in [0, 0.1) is 0 Å². The maximum absolute atomic E-state index is 5.96. The third-order valence-corrected chi connectivity index (χ3v) is 5.82. The second kappa shape index (κ2) is 6.25. The van der Waals surface area contributed by atoms with E-state index in [0.717, 1.165) is 5.56 Å². The fourth-order valence-corrected chi connectivity index (χ4v) is 4.34. The lowest BCUT2D eigenvalue weighted by Crippen LogP contribution is -2.02. The average molecular weight is 291 g/mol. The molecule has 0 atom stereocenters. The van der Waals surface area contributed by atoms with Crippen molar-refractivity contribution in [3.05, 3.63) is 39.9 Å². The van der Waals surface area contributed by atoms with E-state index in [1.165, 1.54) is 17.9 Å². The quantitative estimate of drug-likeness (QED) is 0.734. The van der Waals surface area contributed by atoms with E-state index in [-0.39, 0.29) is 0 Å². The summed E-state index contributed by atoms with van der Waals surface area (Å²) in [5.41, 5.74) is 1.11. The minimum absolute atomic E-state index is 0.586. The Morgan fingerprint density at radius 3 is 2.56 bits per heavy atom. The van der Waals surface area contributed by atoms with E-state index in [1.54, 1.807) is 0 Å². The number of halogens is 2. The lowest BCUT2D eigenvalue weighted by molar-refractivity contribution is 1.11. The van der Waals surface area contributed by atoms with Crippen LogP contribution in [0.25, 0.3) is 6.08 Å². The molecule has 0 saturated carbocycles. The van der Waals surface area contributed by atoms with E-state index in [0.29, 0.717) is 14.6 Å². The molecule has 0 unspecified atom stereocenters. The molecule has 0 N–H and O–H groups in total. The van der Waals surface area contributed by atoms with E-state index in [9.17, 15) is 0 Å². The summed E-state index contributed by atoms with van der Waals surface area (Å²) in [6.07, 6.45) is 5.69. The smallest absolute Gasteiger partial charge is 0.0685 e. The highest BCUT2D eigenvalue weighted by Gasteiger charge is 2.10. The maximum atomic E-state index is 5.96.